The molecule has 0 bridgehead atoms. The van der Waals surface area contributed by atoms with E-state index in [-0.39, 0.29) is 17.9 Å². The Morgan fingerprint density at radius 1 is 1.26 bits per heavy atom. The molecule has 0 amide bonds. The Bertz CT molecular complexity index is 613. The molecule has 0 saturated heterocycles. The second-order valence-corrected chi connectivity index (χ2v) is 3.93. The first kappa shape index (κ1) is 12.9. The van der Waals surface area contributed by atoms with Gasteiger partial charge in [0.05, 0.1) is 5.56 Å². The van der Waals surface area contributed by atoms with Crippen molar-refractivity contribution in [3.8, 4) is 5.75 Å². The molecule has 5 heteroatoms. The van der Waals surface area contributed by atoms with E-state index in [1.54, 1.807) is 18.2 Å². The largest absolute Gasteiger partial charge is 0.489 e. The lowest BCUT2D eigenvalue weighted by atomic mass is 10.1. The van der Waals surface area contributed by atoms with Crippen LogP contribution < -0.4 is 10.5 Å². The lowest BCUT2D eigenvalue weighted by molar-refractivity contribution is 0.0695. The molecule has 0 spiro atoms. The summed E-state index contributed by atoms with van der Waals surface area (Å²) in [7, 11) is 0. The van der Waals surface area contributed by atoms with Gasteiger partial charge in [-0.15, -0.1) is 0 Å². The summed E-state index contributed by atoms with van der Waals surface area (Å²) in [6, 6.07) is 10.4. The van der Waals surface area contributed by atoms with Crippen LogP contribution in [0.1, 0.15) is 15.9 Å². The van der Waals surface area contributed by atoms with Crippen LogP contribution in [0.5, 0.6) is 5.75 Å². The van der Waals surface area contributed by atoms with E-state index >= 15 is 0 Å². The maximum Gasteiger partial charge on any atom is 0.338 e. The van der Waals surface area contributed by atoms with Gasteiger partial charge in [0.1, 0.15) is 18.2 Å². The van der Waals surface area contributed by atoms with E-state index < -0.39 is 11.8 Å². The van der Waals surface area contributed by atoms with Gasteiger partial charge in [-0.2, -0.15) is 0 Å². The summed E-state index contributed by atoms with van der Waals surface area (Å²) in [6.45, 7) is 0.0100. The Kier molecular flexibility index (Phi) is 3.66. The lowest BCUT2D eigenvalue weighted by Crippen LogP contribution is -2.09. The summed E-state index contributed by atoms with van der Waals surface area (Å²) in [4.78, 5) is 11.1. The van der Waals surface area contributed by atoms with Gasteiger partial charge in [0, 0.05) is 17.3 Å². The second kappa shape index (κ2) is 5.39. The van der Waals surface area contributed by atoms with E-state index in [2.05, 4.69) is 0 Å². The van der Waals surface area contributed by atoms with Crippen molar-refractivity contribution in [2.75, 3.05) is 5.73 Å². The van der Waals surface area contributed by atoms with Crippen molar-refractivity contribution in [2.24, 2.45) is 0 Å². The highest BCUT2D eigenvalue weighted by Crippen LogP contribution is 2.20. The van der Waals surface area contributed by atoms with Crippen LogP contribution in [0.4, 0.5) is 10.1 Å². The number of rotatable bonds is 4. The first-order valence-corrected chi connectivity index (χ1v) is 5.57. The molecule has 0 aliphatic rings. The van der Waals surface area contributed by atoms with Crippen molar-refractivity contribution in [1.29, 1.82) is 0 Å². The molecule has 0 fully saturated rings. The van der Waals surface area contributed by atoms with E-state index in [1.807, 2.05) is 0 Å². The Hall–Kier alpha value is -2.56. The maximum atomic E-state index is 13.0. The molecule has 2 aromatic carbocycles. The van der Waals surface area contributed by atoms with E-state index in [0.29, 0.717) is 11.3 Å². The Morgan fingerprint density at radius 3 is 2.68 bits per heavy atom. The minimum Gasteiger partial charge on any atom is -0.489 e. The van der Waals surface area contributed by atoms with E-state index in [1.165, 1.54) is 24.3 Å². The molecular weight excluding hydrogens is 249 g/mol. The van der Waals surface area contributed by atoms with Gasteiger partial charge >= 0.3 is 5.97 Å². The molecule has 2 aromatic rings. The van der Waals surface area contributed by atoms with Gasteiger partial charge in [-0.1, -0.05) is 18.2 Å². The van der Waals surface area contributed by atoms with Gasteiger partial charge in [0.2, 0.25) is 0 Å². The topological polar surface area (TPSA) is 72.5 Å². The number of carboxylic acids is 1. The van der Waals surface area contributed by atoms with Gasteiger partial charge in [-0.25, -0.2) is 9.18 Å². The number of anilines is 1. The number of halogens is 1. The third kappa shape index (κ3) is 3.01. The van der Waals surface area contributed by atoms with Gasteiger partial charge in [-0.05, 0) is 18.2 Å². The van der Waals surface area contributed by atoms with Crippen LogP contribution in [0.2, 0.25) is 0 Å². The number of nitrogens with two attached hydrogens (primary N) is 1. The van der Waals surface area contributed by atoms with Crippen molar-refractivity contribution in [3.63, 3.8) is 0 Å². The van der Waals surface area contributed by atoms with Crippen LogP contribution >= 0.6 is 0 Å². The maximum absolute atomic E-state index is 13.0. The van der Waals surface area contributed by atoms with Crippen molar-refractivity contribution < 1.29 is 19.0 Å². The molecule has 0 unspecified atom stereocenters. The second-order valence-electron chi connectivity index (χ2n) is 3.93. The molecule has 0 radical (unpaired) electrons. The van der Waals surface area contributed by atoms with Gasteiger partial charge in [0.15, 0.2) is 0 Å². The van der Waals surface area contributed by atoms with Gasteiger partial charge < -0.3 is 15.6 Å². The summed E-state index contributed by atoms with van der Waals surface area (Å²) in [6.07, 6.45) is 0. The summed E-state index contributed by atoms with van der Waals surface area (Å²) in [5, 5.41) is 9.09. The van der Waals surface area contributed by atoms with Crippen molar-refractivity contribution >= 4 is 11.7 Å². The quantitative estimate of drug-likeness (QED) is 0.830. The van der Waals surface area contributed by atoms with E-state index in [9.17, 15) is 9.18 Å². The number of hydrogen-bond acceptors (Lipinski definition) is 3. The normalized spacial score (nSPS) is 10.2. The van der Waals surface area contributed by atoms with Crippen molar-refractivity contribution in [3.05, 3.63) is 59.4 Å². The number of hydrogen-bond donors (Lipinski definition) is 2. The van der Waals surface area contributed by atoms with Gasteiger partial charge in [0.25, 0.3) is 0 Å². The zero-order valence-electron chi connectivity index (χ0n) is 9.97. The number of benzene rings is 2. The van der Waals surface area contributed by atoms with Crippen LogP contribution in [0.25, 0.3) is 0 Å². The molecule has 19 heavy (non-hydrogen) atoms. The molecule has 0 aromatic heterocycles. The van der Waals surface area contributed by atoms with Crippen LogP contribution in [0.15, 0.2) is 42.5 Å². The molecule has 98 valence electrons. The fourth-order valence-electron chi connectivity index (χ4n) is 1.72. The fourth-order valence-corrected chi connectivity index (χ4v) is 1.72. The SMILES string of the molecule is Nc1cccc(COc2cccc(F)c2)c1C(=O)O. The van der Waals surface area contributed by atoms with Crippen LogP contribution in [0.3, 0.4) is 0 Å². The average Bonchev–Trinajstić information content (AvgIpc) is 2.36. The first-order chi connectivity index (χ1) is 9.08. The minimum absolute atomic E-state index is 0.0100. The summed E-state index contributed by atoms with van der Waals surface area (Å²) < 4.78 is 18.3. The average molecular weight is 261 g/mol. The number of carboxylic acid groups (broad SMARTS) is 1. The highest BCUT2D eigenvalue weighted by molar-refractivity contribution is 5.95. The predicted molar refractivity (Wildman–Crippen MR) is 68.5 cm³/mol. The molecule has 3 N–H and O–H groups in total. The lowest BCUT2D eigenvalue weighted by Gasteiger charge is -2.10. The molecular formula is C14H12FNO3. The zero-order valence-corrected chi connectivity index (χ0v) is 9.97. The molecule has 4 nitrogen and oxygen atoms in total. The smallest absolute Gasteiger partial charge is 0.338 e. The van der Waals surface area contributed by atoms with Crippen LogP contribution in [0, 0.1) is 5.82 Å². The predicted octanol–water partition coefficient (Wildman–Crippen LogP) is 2.69. The van der Waals surface area contributed by atoms with Crippen molar-refractivity contribution in [1.82, 2.24) is 0 Å². The molecule has 0 atom stereocenters. The highest BCUT2D eigenvalue weighted by atomic mass is 19.1. The van der Waals surface area contributed by atoms with E-state index in [0.717, 1.165) is 0 Å². The Morgan fingerprint density at radius 2 is 2.00 bits per heavy atom. The zero-order chi connectivity index (χ0) is 13.8. The third-order valence-electron chi connectivity index (χ3n) is 2.59. The molecule has 0 aliphatic carbocycles. The molecule has 2 rings (SSSR count). The Labute approximate surface area is 109 Å². The van der Waals surface area contributed by atoms with Crippen molar-refractivity contribution in [2.45, 2.75) is 6.61 Å². The monoisotopic (exact) mass is 261 g/mol. The Balaban J connectivity index is 2.20. The number of carbonyl (C=O) groups is 1. The van der Waals surface area contributed by atoms with Crippen LogP contribution in [-0.4, -0.2) is 11.1 Å². The molecule has 0 heterocycles. The third-order valence-corrected chi connectivity index (χ3v) is 2.59. The summed E-state index contributed by atoms with van der Waals surface area (Å²) >= 11 is 0. The minimum atomic E-state index is -1.11. The van der Waals surface area contributed by atoms with E-state index in [4.69, 9.17) is 15.6 Å². The molecule has 0 aliphatic heterocycles. The van der Waals surface area contributed by atoms with Gasteiger partial charge in [-0.3, -0.25) is 0 Å². The number of aromatic carboxylic acids is 1. The first-order valence-electron chi connectivity index (χ1n) is 5.57. The standard InChI is InChI=1S/C14H12FNO3/c15-10-4-2-5-11(7-10)19-8-9-3-1-6-12(16)13(9)14(17)18/h1-7H,8,16H2,(H,17,18). The highest BCUT2D eigenvalue weighted by Gasteiger charge is 2.13. The molecule has 0 saturated carbocycles. The fraction of sp³-hybridized carbons (Fsp3) is 0.0714. The number of ether oxygens (including phenoxy) is 1. The summed E-state index contributed by atoms with van der Waals surface area (Å²) in [5.74, 6) is -1.20. The van der Waals surface area contributed by atoms with Crippen LogP contribution in [-0.2, 0) is 6.61 Å². The summed E-state index contributed by atoms with van der Waals surface area (Å²) in [5.41, 5.74) is 6.25. The number of nitrogen functional groups attached to an aromatic ring is 1.